The van der Waals surface area contributed by atoms with Crippen LogP contribution in [0.2, 0.25) is 0 Å². The van der Waals surface area contributed by atoms with Gasteiger partial charge in [0.2, 0.25) is 0 Å². The Morgan fingerprint density at radius 3 is 2.53 bits per heavy atom. The van der Waals surface area contributed by atoms with Crippen molar-refractivity contribution >= 4 is 0 Å². The minimum atomic E-state index is -0.183. The van der Waals surface area contributed by atoms with Crippen molar-refractivity contribution in [2.24, 2.45) is 0 Å². The summed E-state index contributed by atoms with van der Waals surface area (Å²) in [6.45, 7) is 5.78. The van der Waals surface area contributed by atoms with Gasteiger partial charge in [-0.3, -0.25) is 0 Å². The van der Waals surface area contributed by atoms with Crippen LogP contribution in [0.5, 0.6) is 0 Å². The smallest absolute Gasteiger partial charge is 0.123 e. The average Bonchev–Trinajstić information content (AvgIpc) is 2.25. The third-order valence-corrected chi connectivity index (χ3v) is 2.45. The molecule has 0 spiro atoms. The lowest BCUT2D eigenvalue weighted by molar-refractivity contribution is 0.121. The second-order valence-corrected chi connectivity index (χ2v) is 3.88. The van der Waals surface area contributed by atoms with E-state index in [4.69, 9.17) is 4.74 Å². The summed E-state index contributed by atoms with van der Waals surface area (Å²) in [5.74, 6) is 0.153. The van der Waals surface area contributed by atoms with E-state index in [0.717, 1.165) is 25.0 Å². The van der Waals surface area contributed by atoms with Crippen molar-refractivity contribution in [3.8, 4) is 0 Å². The molecule has 0 bridgehead atoms. The summed E-state index contributed by atoms with van der Waals surface area (Å²) < 4.78 is 18.2. The zero-order chi connectivity index (χ0) is 11.1. The number of unbranched alkanes of at least 4 members (excludes halogenated alkanes) is 1. The molecule has 0 heterocycles. The van der Waals surface area contributed by atoms with Crippen LogP contribution in [0.15, 0.2) is 24.3 Å². The Bertz CT molecular complexity index is 268. The molecule has 15 heavy (non-hydrogen) atoms. The van der Waals surface area contributed by atoms with Crippen LogP contribution in [0, 0.1) is 5.82 Å². The fourth-order valence-electron chi connectivity index (χ4n) is 1.39. The standard InChI is InChI=1S/C13H19FO/c1-3-4-9-15-10-11(2)12-5-7-13(14)8-6-12/h5-8,11H,3-4,9-10H2,1-2H3. The summed E-state index contributed by atoms with van der Waals surface area (Å²) in [7, 11) is 0. The Hall–Kier alpha value is -0.890. The molecule has 0 saturated heterocycles. The van der Waals surface area contributed by atoms with Crippen molar-refractivity contribution in [2.75, 3.05) is 13.2 Å². The molecule has 0 saturated carbocycles. The van der Waals surface area contributed by atoms with Crippen LogP contribution >= 0.6 is 0 Å². The minimum absolute atomic E-state index is 0.183. The fourth-order valence-corrected chi connectivity index (χ4v) is 1.39. The highest BCUT2D eigenvalue weighted by Crippen LogP contribution is 2.15. The van der Waals surface area contributed by atoms with Gasteiger partial charge in [0, 0.05) is 12.5 Å². The average molecular weight is 210 g/mol. The monoisotopic (exact) mass is 210 g/mol. The Morgan fingerprint density at radius 2 is 1.93 bits per heavy atom. The van der Waals surface area contributed by atoms with Crippen LogP contribution in [0.1, 0.15) is 38.2 Å². The topological polar surface area (TPSA) is 9.23 Å². The van der Waals surface area contributed by atoms with Crippen LogP contribution in [-0.2, 0) is 4.74 Å². The van der Waals surface area contributed by atoms with E-state index >= 15 is 0 Å². The van der Waals surface area contributed by atoms with Gasteiger partial charge in [0.25, 0.3) is 0 Å². The largest absolute Gasteiger partial charge is 0.381 e. The number of hydrogen-bond acceptors (Lipinski definition) is 1. The first-order chi connectivity index (χ1) is 7.24. The van der Waals surface area contributed by atoms with Crippen molar-refractivity contribution in [3.63, 3.8) is 0 Å². The number of ether oxygens (including phenoxy) is 1. The molecule has 1 aromatic carbocycles. The Balaban J connectivity index is 2.33. The van der Waals surface area contributed by atoms with Crippen molar-refractivity contribution in [3.05, 3.63) is 35.6 Å². The fraction of sp³-hybridized carbons (Fsp3) is 0.538. The normalized spacial score (nSPS) is 12.7. The van der Waals surface area contributed by atoms with E-state index in [-0.39, 0.29) is 5.82 Å². The molecule has 2 heteroatoms. The molecular formula is C13H19FO. The maximum Gasteiger partial charge on any atom is 0.123 e. The van der Waals surface area contributed by atoms with Gasteiger partial charge in [0.05, 0.1) is 6.61 Å². The summed E-state index contributed by atoms with van der Waals surface area (Å²) in [6, 6.07) is 6.64. The molecule has 0 aliphatic rings. The van der Waals surface area contributed by atoms with Crippen molar-refractivity contribution < 1.29 is 9.13 Å². The van der Waals surface area contributed by atoms with E-state index in [2.05, 4.69) is 13.8 Å². The van der Waals surface area contributed by atoms with Crippen molar-refractivity contribution in [1.82, 2.24) is 0 Å². The minimum Gasteiger partial charge on any atom is -0.381 e. The molecule has 0 aliphatic carbocycles. The lowest BCUT2D eigenvalue weighted by Crippen LogP contribution is -2.05. The van der Waals surface area contributed by atoms with Crippen LogP contribution in [0.25, 0.3) is 0 Å². The number of halogens is 1. The highest BCUT2D eigenvalue weighted by molar-refractivity contribution is 5.19. The zero-order valence-corrected chi connectivity index (χ0v) is 9.50. The Morgan fingerprint density at radius 1 is 1.27 bits per heavy atom. The first-order valence-corrected chi connectivity index (χ1v) is 5.57. The Labute approximate surface area is 91.3 Å². The molecule has 1 unspecified atom stereocenters. The number of hydrogen-bond donors (Lipinski definition) is 0. The molecule has 0 N–H and O–H groups in total. The van der Waals surface area contributed by atoms with E-state index in [1.54, 1.807) is 0 Å². The molecule has 1 nitrogen and oxygen atoms in total. The van der Waals surface area contributed by atoms with Gasteiger partial charge in [-0.25, -0.2) is 4.39 Å². The predicted octanol–water partition coefficient (Wildman–Crippen LogP) is 3.75. The van der Waals surface area contributed by atoms with Crippen LogP contribution in [-0.4, -0.2) is 13.2 Å². The zero-order valence-electron chi connectivity index (χ0n) is 9.50. The highest BCUT2D eigenvalue weighted by atomic mass is 19.1. The van der Waals surface area contributed by atoms with E-state index in [1.807, 2.05) is 12.1 Å². The SMILES string of the molecule is CCCCOCC(C)c1ccc(F)cc1. The van der Waals surface area contributed by atoms with Gasteiger partial charge in [-0.2, -0.15) is 0 Å². The molecule has 0 aliphatic heterocycles. The quantitative estimate of drug-likeness (QED) is 0.650. The van der Waals surface area contributed by atoms with E-state index in [9.17, 15) is 4.39 Å². The maximum absolute atomic E-state index is 12.7. The van der Waals surface area contributed by atoms with Crippen LogP contribution in [0.3, 0.4) is 0 Å². The summed E-state index contributed by atoms with van der Waals surface area (Å²) in [5, 5.41) is 0. The molecule has 0 fully saturated rings. The third-order valence-electron chi connectivity index (χ3n) is 2.45. The van der Waals surface area contributed by atoms with Gasteiger partial charge in [-0.1, -0.05) is 32.4 Å². The lowest BCUT2D eigenvalue weighted by atomic mass is 10.0. The van der Waals surface area contributed by atoms with Gasteiger partial charge >= 0.3 is 0 Å². The maximum atomic E-state index is 12.7. The molecule has 84 valence electrons. The molecule has 1 atom stereocenters. The van der Waals surface area contributed by atoms with E-state index in [1.165, 1.54) is 12.1 Å². The van der Waals surface area contributed by atoms with E-state index < -0.39 is 0 Å². The lowest BCUT2D eigenvalue weighted by Gasteiger charge is -2.12. The van der Waals surface area contributed by atoms with Gasteiger partial charge < -0.3 is 4.74 Å². The first-order valence-electron chi connectivity index (χ1n) is 5.57. The van der Waals surface area contributed by atoms with Crippen LogP contribution in [0.4, 0.5) is 4.39 Å². The van der Waals surface area contributed by atoms with Crippen molar-refractivity contribution in [2.45, 2.75) is 32.6 Å². The van der Waals surface area contributed by atoms with Gasteiger partial charge in [-0.05, 0) is 24.1 Å². The highest BCUT2D eigenvalue weighted by Gasteiger charge is 2.05. The van der Waals surface area contributed by atoms with Gasteiger partial charge in [-0.15, -0.1) is 0 Å². The van der Waals surface area contributed by atoms with E-state index in [0.29, 0.717) is 12.5 Å². The van der Waals surface area contributed by atoms with Crippen molar-refractivity contribution in [1.29, 1.82) is 0 Å². The third kappa shape index (κ3) is 4.43. The molecule has 1 rings (SSSR count). The molecule has 0 radical (unpaired) electrons. The number of benzene rings is 1. The molecular weight excluding hydrogens is 191 g/mol. The molecule has 0 amide bonds. The summed E-state index contributed by atoms with van der Waals surface area (Å²) in [6.07, 6.45) is 2.26. The summed E-state index contributed by atoms with van der Waals surface area (Å²) in [5.41, 5.74) is 1.13. The second kappa shape index (κ2) is 6.57. The second-order valence-electron chi connectivity index (χ2n) is 3.88. The van der Waals surface area contributed by atoms with Crippen LogP contribution < -0.4 is 0 Å². The summed E-state index contributed by atoms with van der Waals surface area (Å²) in [4.78, 5) is 0. The molecule has 0 aromatic heterocycles. The molecule has 1 aromatic rings. The van der Waals surface area contributed by atoms with Gasteiger partial charge in [0.15, 0.2) is 0 Å². The first kappa shape index (κ1) is 12.2. The summed E-state index contributed by atoms with van der Waals surface area (Å²) >= 11 is 0. The van der Waals surface area contributed by atoms with Gasteiger partial charge in [0.1, 0.15) is 5.82 Å². The predicted molar refractivity (Wildman–Crippen MR) is 60.5 cm³/mol. The Kier molecular flexibility index (Phi) is 5.33. The number of rotatable bonds is 6.